The van der Waals surface area contributed by atoms with Crippen LogP contribution in [0.1, 0.15) is 0 Å². The quantitative estimate of drug-likeness (QED) is 0.573. The fourth-order valence-corrected chi connectivity index (χ4v) is 2.54. The van der Waals surface area contributed by atoms with Crippen molar-refractivity contribution >= 4 is 26.7 Å². The molecule has 2 aromatic carbocycles. The average Bonchev–Trinajstić information content (AvgIpc) is 2.46. The van der Waals surface area contributed by atoms with Crippen LogP contribution in [0.2, 0.25) is 0 Å². The molecule has 0 aliphatic rings. The molecule has 2 nitrogen and oxygen atoms in total. The van der Waals surface area contributed by atoms with Crippen LogP contribution in [0.5, 0.6) is 5.75 Å². The van der Waals surface area contributed by atoms with E-state index < -0.39 is 0 Å². The normalized spacial score (nSPS) is 10.2. The maximum absolute atomic E-state index is 14.0. The van der Waals surface area contributed by atoms with E-state index in [0.717, 1.165) is 21.0 Å². The van der Waals surface area contributed by atoms with Crippen molar-refractivity contribution < 1.29 is 30.7 Å². The number of methoxy groups -OCH3 is 1. The fourth-order valence-electron chi connectivity index (χ4n) is 2.21. The van der Waals surface area contributed by atoms with Crippen molar-refractivity contribution in [2.45, 2.75) is 0 Å². The molecule has 0 saturated carbocycles. The zero-order valence-electron chi connectivity index (χ0n) is 11.2. The number of benzene rings is 2. The van der Waals surface area contributed by atoms with Crippen molar-refractivity contribution in [2.24, 2.45) is 0 Å². The van der Waals surface area contributed by atoms with Gasteiger partial charge in [0.2, 0.25) is 5.69 Å². The summed E-state index contributed by atoms with van der Waals surface area (Å²) >= 11 is 3.26. The van der Waals surface area contributed by atoms with E-state index in [0.29, 0.717) is 5.69 Å². The third-order valence-electron chi connectivity index (χ3n) is 3.19. The van der Waals surface area contributed by atoms with Crippen molar-refractivity contribution in [2.75, 3.05) is 7.11 Å². The van der Waals surface area contributed by atoms with Gasteiger partial charge in [-0.1, -0.05) is 28.1 Å². The molecule has 0 aliphatic heterocycles. The highest BCUT2D eigenvalue weighted by atomic mass is 79.9. The van der Waals surface area contributed by atoms with Gasteiger partial charge in [0, 0.05) is 16.6 Å². The molecular formula is C16H12Br2FNO. The summed E-state index contributed by atoms with van der Waals surface area (Å²) in [5, 5.41) is 2.00. The summed E-state index contributed by atoms with van der Waals surface area (Å²) < 4.78 is 21.9. The number of halogens is 3. The molecule has 0 saturated heterocycles. The smallest absolute Gasteiger partial charge is 0.246 e. The largest absolute Gasteiger partial charge is 1.00 e. The molecule has 108 valence electrons. The van der Waals surface area contributed by atoms with Crippen molar-refractivity contribution in [1.29, 1.82) is 0 Å². The third-order valence-corrected chi connectivity index (χ3v) is 3.68. The summed E-state index contributed by atoms with van der Waals surface area (Å²) in [5.41, 5.74) is 0.501. The van der Waals surface area contributed by atoms with Crippen LogP contribution in [-0.2, 0) is 0 Å². The van der Waals surface area contributed by atoms with E-state index >= 15 is 0 Å². The Balaban J connectivity index is 0.00000161. The van der Waals surface area contributed by atoms with E-state index in [2.05, 4.69) is 15.9 Å². The predicted molar refractivity (Wildman–Crippen MR) is 79.7 cm³/mol. The first kappa shape index (κ1) is 15.9. The maximum atomic E-state index is 14.0. The highest BCUT2D eigenvalue weighted by Gasteiger charge is 2.15. The number of rotatable bonds is 2. The Kier molecular flexibility index (Phi) is 4.96. The monoisotopic (exact) mass is 411 g/mol. The third kappa shape index (κ3) is 3.09. The van der Waals surface area contributed by atoms with Crippen LogP contribution < -0.4 is 26.3 Å². The van der Waals surface area contributed by atoms with Crippen LogP contribution in [0.3, 0.4) is 0 Å². The van der Waals surface area contributed by atoms with Gasteiger partial charge in [-0.25, -0.2) is 0 Å². The molecule has 5 heteroatoms. The highest BCUT2D eigenvalue weighted by molar-refractivity contribution is 9.10. The molecule has 3 rings (SSSR count). The van der Waals surface area contributed by atoms with Gasteiger partial charge in [0.15, 0.2) is 18.2 Å². The summed E-state index contributed by atoms with van der Waals surface area (Å²) in [5.74, 6) is 0.494. The van der Waals surface area contributed by atoms with Crippen LogP contribution in [0.25, 0.3) is 16.5 Å². The molecule has 0 spiro atoms. The summed E-state index contributed by atoms with van der Waals surface area (Å²) in [6.07, 6.45) is 3.72. The zero-order valence-corrected chi connectivity index (χ0v) is 14.4. The van der Waals surface area contributed by atoms with Crippen LogP contribution in [0.15, 0.2) is 59.3 Å². The molecule has 3 aromatic rings. The van der Waals surface area contributed by atoms with Crippen LogP contribution in [0.4, 0.5) is 4.39 Å². The van der Waals surface area contributed by atoms with Crippen LogP contribution in [-0.4, -0.2) is 7.11 Å². The predicted octanol–water partition coefficient (Wildman–Crippen LogP) is 1.03. The standard InChI is InChI=1S/C16H12BrFNO.BrH/c1-20-16-4-2-3-11-7-8-19(10-13(11)16)15-6-5-12(17)9-14(15)18;/h2-10H,1H3;1H/q+1;/p-1. The molecule has 1 aromatic heterocycles. The Morgan fingerprint density at radius 3 is 2.67 bits per heavy atom. The summed E-state index contributed by atoms with van der Waals surface area (Å²) in [4.78, 5) is 0. The van der Waals surface area contributed by atoms with Crippen molar-refractivity contribution in [3.8, 4) is 11.4 Å². The Labute approximate surface area is 141 Å². The van der Waals surface area contributed by atoms with E-state index in [1.165, 1.54) is 6.07 Å². The molecular weight excluding hydrogens is 401 g/mol. The van der Waals surface area contributed by atoms with Gasteiger partial charge in [0.1, 0.15) is 5.75 Å². The Bertz CT molecular complexity index is 792. The Morgan fingerprint density at radius 1 is 1.14 bits per heavy atom. The first-order valence-corrected chi connectivity index (χ1v) is 6.92. The van der Waals surface area contributed by atoms with Crippen LogP contribution in [0, 0.1) is 5.82 Å². The molecule has 0 bridgehead atoms. The number of aromatic nitrogens is 1. The first-order valence-electron chi connectivity index (χ1n) is 6.12. The lowest BCUT2D eigenvalue weighted by Gasteiger charge is -2.04. The summed E-state index contributed by atoms with van der Waals surface area (Å²) in [6, 6.07) is 12.8. The number of hydrogen-bond acceptors (Lipinski definition) is 1. The average molecular weight is 413 g/mol. The van der Waals surface area contributed by atoms with Crippen molar-refractivity contribution in [3.63, 3.8) is 0 Å². The van der Waals surface area contributed by atoms with Crippen molar-refractivity contribution in [1.82, 2.24) is 0 Å². The molecule has 21 heavy (non-hydrogen) atoms. The van der Waals surface area contributed by atoms with E-state index in [-0.39, 0.29) is 22.8 Å². The first-order chi connectivity index (χ1) is 9.69. The molecule has 0 amide bonds. The molecule has 0 atom stereocenters. The van der Waals surface area contributed by atoms with Crippen molar-refractivity contribution in [3.05, 3.63) is 65.1 Å². The number of fused-ring (bicyclic) bond motifs is 1. The molecule has 0 fully saturated rings. The van der Waals surface area contributed by atoms with Gasteiger partial charge in [-0.15, -0.1) is 0 Å². The van der Waals surface area contributed by atoms with Gasteiger partial charge in [0.05, 0.1) is 12.5 Å². The SMILES string of the molecule is COc1cccc2cc[n+](-c3ccc(Br)cc3F)cc12.[Br-]. The molecule has 0 N–H and O–H groups in total. The molecule has 0 unspecified atom stereocenters. The van der Waals surface area contributed by atoms with Gasteiger partial charge in [-0.2, -0.15) is 8.96 Å². The second-order valence-electron chi connectivity index (χ2n) is 4.41. The Hall–Kier alpha value is -1.46. The fraction of sp³-hybridized carbons (Fsp3) is 0.0625. The minimum absolute atomic E-state index is 0. The number of nitrogens with zero attached hydrogens (tertiary/aromatic N) is 1. The van der Waals surface area contributed by atoms with E-state index in [1.54, 1.807) is 17.7 Å². The Morgan fingerprint density at radius 2 is 1.95 bits per heavy atom. The van der Waals surface area contributed by atoms with E-state index in [1.807, 2.05) is 42.7 Å². The second kappa shape index (κ2) is 6.54. The topological polar surface area (TPSA) is 13.1 Å². The van der Waals surface area contributed by atoms with Gasteiger partial charge in [0.25, 0.3) is 0 Å². The van der Waals surface area contributed by atoms with Gasteiger partial charge in [-0.3, -0.25) is 0 Å². The number of pyridine rings is 1. The zero-order chi connectivity index (χ0) is 14.1. The van der Waals surface area contributed by atoms with Crippen LogP contribution >= 0.6 is 15.9 Å². The second-order valence-corrected chi connectivity index (χ2v) is 5.33. The lowest BCUT2D eigenvalue weighted by molar-refractivity contribution is -0.596. The lowest BCUT2D eigenvalue weighted by atomic mass is 10.1. The van der Waals surface area contributed by atoms with E-state index in [4.69, 9.17) is 4.74 Å². The molecule has 1 heterocycles. The number of hydrogen-bond donors (Lipinski definition) is 0. The minimum atomic E-state index is -0.279. The maximum Gasteiger partial charge on any atom is 0.246 e. The van der Waals surface area contributed by atoms with Gasteiger partial charge in [-0.05, 0) is 23.6 Å². The highest BCUT2D eigenvalue weighted by Crippen LogP contribution is 2.24. The van der Waals surface area contributed by atoms with Gasteiger partial charge >= 0.3 is 0 Å². The summed E-state index contributed by atoms with van der Waals surface area (Å²) in [6.45, 7) is 0. The number of ether oxygens (including phenoxy) is 1. The molecule has 0 radical (unpaired) electrons. The molecule has 0 aliphatic carbocycles. The minimum Gasteiger partial charge on any atom is -1.00 e. The summed E-state index contributed by atoms with van der Waals surface area (Å²) in [7, 11) is 1.63. The lowest BCUT2D eigenvalue weighted by Crippen LogP contribution is -3.00. The van der Waals surface area contributed by atoms with Gasteiger partial charge < -0.3 is 21.7 Å². The van der Waals surface area contributed by atoms with E-state index in [9.17, 15) is 4.39 Å².